The number of aromatic nitrogens is 1. The van der Waals surface area contributed by atoms with Crippen LogP contribution in [0.5, 0.6) is 5.75 Å². The van der Waals surface area contributed by atoms with Gasteiger partial charge in [0.1, 0.15) is 11.6 Å². The van der Waals surface area contributed by atoms with Crippen LogP contribution in [0.4, 0.5) is 4.39 Å². The van der Waals surface area contributed by atoms with Crippen molar-refractivity contribution in [3.8, 4) is 16.9 Å². The van der Waals surface area contributed by atoms with Crippen molar-refractivity contribution in [1.29, 1.82) is 0 Å². The first-order valence-electron chi connectivity index (χ1n) is 10.6. The minimum atomic E-state index is -1.08. The molecule has 0 fully saturated rings. The van der Waals surface area contributed by atoms with Gasteiger partial charge < -0.3 is 9.84 Å². The van der Waals surface area contributed by atoms with Crippen molar-refractivity contribution >= 4 is 17.6 Å². The van der Waals surface area contributed by atoms with Crippen LogP contribution in [-0.4, -0.2) is 22.7 Å². The Morgan fingerprint density at radius 1 is 1.12 bits per heavy atom. The second-order valence-electron chi connectivity index (χ2n) is 8.18. The lowest BCUT2D eigenvalue weighted by Crippen LogP contribution is -2.11. The quantitative estimate of drug-likeness (QED) is 0.372. The number of hydrogen-bond acceptors (Lipinski definition) is 3. The molecule has 0 saturated carbocycles. The molecular weight excluding hydrogens is 429 g/mol. The highest BCUT2D eigenvalue weighted by molar-refractivity contribution is 6.32. The Morgan fingerprint density at radius 2 is 1.78 bits per heavy atom. The molecule has 0 radical (unpaired) electrons. The van der Waals surface area contributed by atoms with Crippen LogP contribution in [0.25, 0.3) is 11.1 Å². The molecule has 0 aliphatic carbocycles. The third kappa shape index (κ3) is 5.28. The molecule has 3 rings (SSSR count). The second kappa shape index (κ2) is 10.1. The molecule has 6 heteroatoms. The van der Waals surface area contributed by atoms with Gasteiger partial charge >= 0.3 is 5.97 Å². The zero-order chi connectivity index (χ0) is 23.4. The number of aromatic carboxylic acids is 1. The standard InChI is InChI=1S/C26H27ClFNO3/c1-15(2)25-20(19-8-5-6-9-22(19)28)14-21(26(30)31)23(29-25)10-7-11-32-18-12-16(3)24(27)17(4)13-18/h5-6,8-9,12-15H,7,10-11H2,1-4H3,(H,30,31). The van der Waals surface area contributed by atoms with Crippen LogP contribution in [-0.2, 0) is 6.42 Å². The molecule has 0 saturated heterocycles. The molecule has 4 nitrogen and oxygen atoms in total. The maximum absolute atomic E-state index is 14.4. The van der Waals surface area contributed by atoms with Crippen LogP contribution in [0.3, 0.4) is 0 Å². The van der Waals surface area contributed by atoms with E-state index in [-0.39, 0.29) is 11.5 Å². The number of hydrogen-bond donors (Lipinski definition) is 1. The minimum absolute atomic E-state index is 0.00229. The van der Waals surface area contributed by atoms with Gasteiger partial charge in [-0.15, -0.1) is 0 Å². The van der Waals surface area contributed by atoms with E-state index in [0.717, 1.165) is 21.9 Å². The largest absolute Gasteiger partial charge is 0.494 e. The first-order valence-corrected chi connectivity index (χ1v) is 11.0. The van der Waals surface area contributed by atoms with Crippen molar-refractivity contribution in [3.63, 3.8) is 0 Å². The van der Waals surface area contributed by atoms with E-state index in [4.69, 9.17) is 16.3 Å². The molecule has 0 amide bonds. The number of pyridine rings is 1. The van der Waals surface area contributed by atoms with Gasteiger partial charge in [-0.2, -0.15) is 0 Å². The minimum Gasteiger partial charge on any atom is -0.494 e. The van der Waals surface area contributed by atoms with Crippen molar-refractivity contribution < 1.29 is 19.0 Å². The van der Waals surface area contributed by atoms with Crippen LogP contribution in [0.2, 0.25) is 5.02 Å². The molecule has 0 unspecified atom stereocenters. The van der Waals surface area contributed by atoms with Crippen molar-refractivity contribution in [2.75, 3.05) is 6.61 Å². The fourth-order valence-corrected chi connectivity index (χ4v) is 3.81. The number of ether oxygens (including phenoxy) is 1. The predicted molar refractivity (Wildman–Crippen MR) is 125 cm³/mol. The first-order chi connectivity index (χ1) is 15.2. The summed E-state index contributed by atoms with van der Waals surface area (Å²) in [6.07, 6.45) is 1.02. The molecule has 0 atom stereocenters. The van der Waals surface area contributed by atoms with E-state index in [1.807, 2.05) is 39.8 Å². The summed E-state index contributed by atoms with van der Waals surface area (Å²) in [5.41, 5.74) is 4.01. The van der Waals surface area contributed by atoms with Crippen molar-refractivity contribution in [2.24, 2.45) is 0 Å². The summed E-state index contributed by atoms with van der Waals surface area (Å²) in [5.74, 6) is -0.747. The van der Waals surface area contributed by atoms with E-state index in [9.17, 15) is 14.3 Å². The van der Waals surface area contributed by atoms with E-state index in [2.05, 4.69) is 4.98 Å². The zero-order valence-electron chi connectivity index (χ0n) is 18.7. The summed E-state index contributed by atoms with van der Waals surface area (Å²) in [5, 5.41) is 10.5. The van der Waals surface area contributed by atoms with Crippen molar-refractivity contribution in [2.45, 2.75) is 46.5 Å². The number of rotatable bonds is 8. The molecule has 1 heterocycles. The van der Waals surface area contributed by atoms with Crippen LogP contribution < -0.4 is 4.74 Å². The molecule has 1 N–H and O–H groups in total. The fourth-order valence-electron chi connectivity index (χ4n) is 3.70. The summed E-state index contributed by atoms with van der Waals surface area (Å²) < 4.78 is 20.3. The van der Waals surface area contributed by atoms with Crippen LogP contribution >= 0.6 is 11.6 Å². The Morgan fingerprint density at radius 3 is 2.38 bits per heavy atom. The molecule has 32 heavy (non-hydrogen) atoms. The van der Waals surface area contributed by atoms with Gasteiger partial charge in [0.2, 0.25) is 0 Å². The van der Waals surface area contributed by atoms with Gasteiger partial charge in [0.25, 0.3) is 0 Å². The number of carboxylic acid groups (broad SMARTS) is 1. The summed E-state index contributed by atoms with van der Waals surface area (Å²) in [4.78, 5) is 16.6. The summed E-state index contributed by atoms with van der Waals surface area (Å²) in [6, 6.07) is 11.7. The average Bonchev–Trinajstić information content (AvgIpc) is 2.74. The van der Waals surface area contributed by atoms with Gasteiger partial charge in [0.15, 0.2) is 0 Å². The lowest BCUT2D eigenvalue weighted by atomic mass is 9.94. The van der Waals surface area contributed by atoms with E-state index in [1.54, 1.807) is 24.3 Å². The van der Waals surface area contributed by atoms with Gasteiger partial charge in [-0.3, -0.25) is 4.98 Å². The Bertz CT molecular complexity index is 1120. The number of nitrogens with zero attached hydrogens (tertiary/aromatic N) is 1. The lowest BCUT2D eigenvalue weighted by Gasteiger charge is -2.17. The van der Waals surface area contributed by atoms with E-state index in [1.165, 1.54) is 6.07 Å². The molecule has 168 valence electrons. The number of benzene rings is 2. The molecule has 2 aromatic carbocycles. The summed E-state index contributed by atoms with van der Waals surface area (Å²) in [7, 11) is 0. The van der Waals surface area contributed by atoms with Gasteiger partial charge in [-0.25, -0.2) is 9.18 Å². The maximum atomic E-state index is 14.4. The number of carbonyl (C=O) groups is 1. The topological polar surface area (TPSA) is 59.4 Å². The smallest absolute Gasteiger partial charge is 0.337 e. The Kier molecular flexibility index (Phi) is 7.52. The molecule has 3 aromatic rings. The van der Waals surface area contributed by atoms with Crippen LogP contribution in [0.1, 0.15) is 59.1 Å². The molecule has 1 aromatic heterocycles. The average molecular weight is 456 g/mol. The highest BCUT2D eigenvalue weighted by Crippen LogP contribution is 2.32. The highest BCUT2D eigenvalue weighted by atomic mass is 35.5. The second-order valence-corrected chi connectivity index (χ2v) is 8.56. The number of carboxylic acids is 1. The summed E-state index contributed by atoms with van der Waals surface area (Å²) >= 11 is 6.20. The maximum Gasteiger partial charge on any atom is 0.337 e. The van der Waals surface area contributed by atoms with Crippen LogP contribution in [0.15, 0.2) is 42.5 Å². The lowest BCUT2D eigenvalue weighted by molar-refractivity contribution is 0.0695. The van der Waals surface area contributed by atoms with Crippen LogP contribution in [0, 0.1) is 19.7 Å². The molecule has 0 aliphatic heterocycles. The Balaban J connectivity index is 1.84. The summed E-state index contributed by atoms with van der Waals surface area (Å²) in [6.45, 7) is 8.19. The zero-order valence-corrected chi connectivity index (χ0v) is 19.5. The van der Waals surface area contributed by atoms with Gasteiger partial charge in [0.05, 0.1) is 23.6 Å². The van der Waals surface area contributed by atoms with Crippen molar-refractivity contribution in [3.05, 3.63) is 81.4 Å². The van der Waals surface area contributed by atoms with Gasteiger partial charge in [-0.1, -0.05) is 43.6 Å². The molecular formula is C26H27ClFNO3. The predicted octanol–water partition coefficient (Wildman–Crippen LogP) is 6.99. The normalized spacial score (nSPS) is 11.1. The third-order valence-electron chi connectivity index (χ3n) is 5.31. The van der Waals surface area contributed by atoms with E-state index in [0.29, 0.717) is 42.0 Å². The first kappa shape index (κ1) is 23.7. The van der Waals surface area contributed by atoms with E-state index < -0.39 is 11.8 Å². The third-order valence-corrected chi connectivity index (χ3v) is 5.91. The molecule has 0 spiro atoms. The SMILES string of the molecule is Cc1cc(OCCCc2nc(C(C)C)c(-c3ccccc3F)cc2C(=O)O)cc(C)c1Cl. The van der Waals surface area contributed by atoms with Gasteiger partial charge in [-0.05, 0) is 68.0 Å². The van der Waals surface area contributed by atoms with Gasteiger partial charge in [0, 0.05) is 16.1 Å². The highest BCUT2D eigenvalue weighted by Gasteiger charge is 2.20. The Hall–Kier alpha value is -2.92. The molecule has 0 aliphatic rings. The van der Waals surface area contributed by atoms with E-state index >= 15 is 0 Å². The van der Waals surface area contributed by atoms with Crippen molar-refractivity contribution in [1.82, 2.24) is 4.98 Å². The number of aryl methyl sites for hydroxylation is 3. The Labute approximate surface area is 193 Å². The fraction of sp³-hybridized carbons (Fsp3) is 0.308. The molecule has 0 bridgehead atoms. The number of halogens is 2. The monoisotopic (exact) mass is 455 g/mol.